The zero-order valence-corrected chi connectivity index (χ0v) is 19.3. The highest BCUT2D eigenvalue weighted by Crippen LogP contribution is 2.42. The van der Waals surface area contributed by atoms with E-state index in [0.29, 0.717) is 41.5 Å². The Bertz CT molecular complexity index is 1380. The number of primary amides is 1. The minimum Gasteiger partial charge on any atom is -0.485 e. The summed E-state index contributed by atoms with van der Waals surface area (Å²) in [6.07, 6.45) is 0.447. The van der Waals surface area contributed by atoms with Gasteiger partial charge in [-0.1, -0.05) is 18.2 Å². The molecule has 4 rings (SSSR count). The molecule has 1 unspecified atom stereocenters. The third kappa shape index (κ3) is 5.19. The van der Waals surface area contributed by atoms with Gasteiger partial charge in [-0.15, -0.1) is 11.8 Å². The minimum absolute atomic E-state index is 0.0288. The maximum absolute atomic E-state index is 14.9. The molecule has 0 saturated carbocycles. The highest BCUT2D eigenvalue weighted by atomic mass is 32.2. The number of halogens is 1. The fourth-order valence-electron chi connectivity index (χ4n) is 3.68. The summed E-state index contributed by atoms with van der Waals surface area (Å²) in [5.41, 5.74) is 13.2. The number of nitriles is 1. The fourth-order valence-corrected chi connectivity index (χ4v) is 4.62. The van der Waals surface area contributed by atoms with E-state index in [2.05, 4.69) is 15.9 Å². The normalized spacial score (nSPS) is 14.8. The Labute approximate surface area is 205 Å². The highest BCUT2D eigenvalue weighted by molar-refractivity contribution is 7.98. The molecule has 0 radical (unpaired) electrons. The smallest absolute Gasteiger partial charge is 0.248 e. The van der Waals surface area contributed by atoms with Crippen LogP contribution < -0.4 is 16.2 Å². The van der Waals surface area contributed by atoms with E-state index in [1.165, 1.54) is 23.9 Å². The van der Waals surface area contributed by atoms with Crippen LogP contribution in [-0.2, 0) is 10.5 Å². The van der Waals surface area contributed by atoms with Crippen LogP contribution in [0.4, 0.5) is 15.9 Å². The molecule has 35 heavy (non-hydrogen) atoms. The van der Waals surface area contributed by atoms with Crippen LogP contribution >= 0.6 is 11.8 Å². The molecular formula is C25H20FN5O3S. The quantitative estimate of drug-likeness (QED) is 0.370. The van der Waals surface area contributed by atoms with Gasteiger partial charge in [0.05, 0.1) is 25.3 Å². The number of pyridine rings is 1. The monoisotopic (exact) mass is 489 g/mol. The van der Waals surface area contributed by atoms with Gasteiger partial charge in [0.25, 0.3) is 0 Å². The van der Waals surface area contributed by atoms with Crippen molar-refractivity contribution in [1.82, 2.24) is 4.98 Å². The van der Waals surface area contributed by atoms with Gasteiger partial charge in [0, 0.05) is 23.3 Å². The van der Waals surface area contributed by atoms with Gasteiger partial charge in [0.2, 0.25) is 11.6 Å². The molecule has 1 amide bonds. The number of nitrogens with two attached hydrogens (primary N) is 2. The van der Waals surface area contributed by atoms with Crippen molar-refractivity contribution in [2.24, 2.45) is 5.73 Å². The molecule has 2 aromatic carbocycles. The molecular weight excluding hydrogens is 469 g/mol. The molecule has 1 fully saturated rings. The molecule has 8 nitrogen and oxygen atoms in total. The second kappa shape index (κ2) is 10.4. The lowest BCUT2D eigenvalue weighted by Gasteiger charge is -2.16. The predicted molar refractivity (Wildman–Crippen MR) is 129 cm³/mol. The Kier molecular flexibility index (Phi) is 7.16. The number of nitrogen functional groups attached to an aromatic ring is 1. The van der Waals surface area contributed by atoms with E-state index in [1.807, 2.05) is 6.07 Å². The molecule has 2 heterocycles. The number of aromatic nitrogens is 1. The Morgan fingerprint density at radius 2 is 2.20 bits per heavy atom. The third-order valence-electron chi connectivity index (χ3n) is 5.38. The first-order chi connectivity index (χ1) is 16.9. The average molecular weight is 490 g/mol. The lowest BCUT2D eigenvalue weighted by atomic mass is 9.99. The van der Waals surface area contributed by atoms with Crippen LogP contribution in [0, 0.1) is 23.7 Å². The van der Waals surface area contributed by atoms with Crippen LogP contribution in [0.15, 0.2) is 47.5 Å². The molecule has 1 saturated heterocycles. The van der Waals surface area contributed by atoms with E-state index in [0.717, 1.165) is 5.56 Å². The number of hydrogen-bond donors (Lipinski definition) is 2. The molecule has 176 valence electrons. The Hall–Kier alpha value is -4.12. The van der Waals surface area contributed by atoms with Gasteiger partial charge in [0.1, 0.15) is 23.0 Å². The first-order valence-corrected chi connectivity index (χ1v) is 11.6. The first kappa shape index (κ1) is 24.0. The molecule has 0 bridgehead atoms. The number of amides is 1. The lowest BCUT2D eigenvalue weighted by Crippen LogP contribution is -2.16. The van der Waals surface area contributed by atoms with Crippen molar-refractivity contribution in [3.8, 4) is 22.9 Å². The second-order valence-corrected chi connectivity index (χ2v) is 8.69. The van der Waals surface area contributed by atoms with Crippen LogP contribution in [0.2, 0.25) is 0 Å². The van der Waals surface area contributed by atoms with Crippen molar-refractivity contribution in [2.75, 3.05) is 18.9 Å². The van der Waals surface area contributed by atoms with Gasteiger partial charge >= 0.3 is 0 Å². The maximum atomic E-state index is 14.9. The van der Waals surface area contributed by atoms with Gasteiger partial charge in [-0.05, 0) is 35.4 Å². The SMILES string of the molecule is [C-]#[N+]c1c(N)nc(SCc2cccc(C(N)=O)c2)c(C#N)c1-c1ccc(OC2CCOC2)c(F)c1. The Morgan fingerprint density at radius 1 is 1.37 bits per heavy atom. The summed E-state index contributed by atoms with van der Waals surface area (Å²) in [6, 6.07) is 13.2. The summed E-state index contributed by atoms with van der Waals surface area (Å²) < 4.78 is 25.8. The molecule has 1 atom stereocenters. The van der Waals surface area contributed by atoms with Gasteiger partial charge in [-0.3, -0.25) is 4.79 Å². The molecule has 0 spiro atoms. The van der Waals surface area contributed by atoms with E-state index < -0.39 is 11.7 Å². The average Bonchev–Trinajstić information content (AvgIpc) is 3.37. The zero-order valence-electron chi connectivity index (χ0n) is 18.5. The van der Waals surface area contributed by atoms with E-state index in [1.54, 1.807) is 24.3 Å². The van der Waals surface area contributed by atoms with Gasteiger partial charge < -0.3 is 20.9 Å². The summed E-state index contributed by atoms with van der Waals surface area (Å²) in [6.45, 7) is 8.53. The molecule has 0 aliphatic carbocycles. The summed E-state index contributed by atoms with van der Waals surface area (Å²) in [5, 5.41) is 10.3. The maximum Gasteiger partial charge on any atom is 0.248 e. The number of carbonyl (C=O) groups is 1. The van der Waals surface area contributed by atoms with Crippen LogP contribution in [0.1, 0.15) is 27.9 Å². The summed E-state index contributed by atoms with van der Waals surface area (Å²) in [7, 11) is 0. The molecule has 1 aliphatic heterocycles. The second-order valence-electron chi connectivity index (χ2n) is 7.73. The number of anilines is 1. The van der Waals surface area contributed by atoms with Crippen LogP contribution in [0.5, 0.6) is 5.75 Å². The van der Waals surface area contributed by atoms with Crippen molar-refractivity contribution >= 4 is 29.2 Å². The number of benzene rings is 2. The first-order valence-electron chi connectivity index (χ1n) is 10.6. The molecule has 1 aromatic heterocycles. The number of ether oxygens (including phenoxy) is 2. The lowest BCUT2D eigenvalue weighted by molar-refractivity contribution is 0.1000. The van der Waals surface area contributed by atoms with Crippen LogP contribution in [-0.4, -0.2) is 30.2 Å². The summed E-state index contributed by atoms with van der Waals surface area (Å²) >= 11 is 1.22. The van der Waals surface area contributed by atoms with E-state index in [4.69, 9.17) is 27.5 Å². The Morgan fingerprint density at radius 3 is 2.86 bits per heavy atom. The molecule has 4 N–H and O–H groups in total. The van der Waals surface area contributed by atoms with Crippen LogP contribution in [0.25, 0.3) is 16.0 Å². The van der Waals surface area contributed by atoms with Crippen molar-refractivity contribution in [1.29, 1.82) is 5.26 Å². The van der Waals surface area contributed by atoms with Gasteiger partial charge in [-0.2, -0.15) is 5.26 Å². The van der Waals surface area contributed by atoms with Crippen molar-refractivity contribution < 1.29 is 18.7 Å². The van der Waals surface area contributed by atoms with Crippen molar-refractivity contribution in [3.63, 3.8) is 0 Å². The number of rotatable bonds is 7. The van der Waals surface area contributed by atoms with E-state index in [-0.39, 0.29) is 34.5 Å². The predicted octanol–water partition coefficient (Wildman–Crippen LogP) is 4.45. The standard InChI is InChI=1S/C25H20FN5O3S/c1-30-22-21(15-5-6-20(19(26)10-15)34-17-7-8-33-12-17)18(11-27)25(31-23(22)28)35-13-14-3-2-4-16(9-14)24(29)32/h2-6,9-10,17H,7-8,12-13H2,(H2,28,31)(H2,29,32). The molecule has 3 aromatic rings. The third-order valence-corrected chi connectivity index (χ3v) is 6.42. The fraction of sp³-hybridized carbons (Fsp3) is 0.200. The minimum atomic E-state index is -0.623. The zero-order chi connectivity index (χ0) is 24.9. The Balaban J connectivity index is 1.70. The van der Waals surface area contributed by atoms with Crippen LogP contribution in [0.3, 0.4) is 0 Å². The van der Waals surface area contributed by atoms with Crippen molar-refractivity contribution in [3.05, 3.63) is 76.4 Å². The highest BCUT2D eigenvalue weighted by Gasteiger charge is 2.23. The number of thioether (sulfide) groups is 1. The number of hydrogen-bond acceptors (Lipinski definition) is 7. The van der Waals surface area contributed by atoms with Crippen molar-refractivity contribution in [2.45, 2.75) is 23.3 Å². The molecule has 1 aliphatic rings. The largest absolute Gasteiger partial charge is 0.485 e. The number of carbonyl (C=O) groups excluding carboxylic acids is 1. The molecule has 10 heteroatoms. The van der Waals surface area contributed by atoms with Gasteiger partial charge in [0.15, 0.2) is 11.6 Å². The van der Waals surface area contributed by atoms with E-state index in [9.17, 15) is 14.4 Å². The topological polar surface area (TPSA) is 129 Å². The van der Waals surface area contributed by atoms with E-state index >= 15 is 0 Å². The summed E-state index contributed by atoms with van der Waals surface area (Å²) in [5.74, 6) is -0.800. The summed E-state index contributed by atoms with van der Waals surface area (Å²) in [4.78, 5) is 19.2. The number of nitrogens with zero attached hydrogens (tertiary/aromatic N) is 3. The van der Waals surface area contributed by atoms with Gasteiger partial charge in [-0.25, -0.2) is 14.2 Å².